The Hall–Kier alpha value is -3.20. The van der Waals surface area contributed by atoms with Crippen LogP contribution in [0.25, 0.3) is 22.8 Å². The first-order valence-corrected chi connectivity index (χ1v) is 7.25. The number of carboxylic acid groups (broad SMARTS) is 1. The SMILES string of the molecule is O=C(O)/C(=C/c1cccc(-c2ccccc2)c1)c1cccnc1. The highest BCUT2D eigenvalue weighted by Crippen LogP contribution is 2.23. The van der Waals surface area contributed by atoms with E-state index in [2.05, 4.69) is 4.98 Å². The van der Waals surface area contributed by atoms with E-state index in [1.165, 1.54) is 0 Å². The molecule has 3 rings (SSSR count). The molecule has 3 aromatic rings. The van der Waals surface area contributed by atoms with Crippen molar-refractivity contribution in [3.05, 3.63) is 90.3 Å². The van der Waals surface area contributed by atoms with Crippen LogP contribution < -0.4 is 0 Å². The zero-order valence-electron chi connectivity index (χ0n) is 12.4. The lowest BCUT2D eigenvalue weighted by atomic mass is 10.0. The predicted molar refractivity (Wildman–Crippen MR) is 91.6 cm³/mol. The van der Waals surface area contributed by atoms with Crippen molar-refractivity contribution in [2.75, 3.05) is 0 Å². The highest BCUT2D eigenvalue weighted by atomic mass is 16.4. The van der Waals surface area contributed by atoms with E-state index in [4.69, 9.17) is 0 Å². The normalized spacial score (nSPS) is 11.2. The minimum Gasteiger partial charge on any atom is -0.478 e. The van der Waals surface area contributed by atoms with E-state index in [-0.39, 0.29) is 5.57 Å². The zero-order chi connectivity index (χ0) is 16.1. The molecule has 0 radical (unpaired) electrons. The van der Waals surface area contributed by atoms with Crippen LogP contribution in [0.1, 0.15) is 11.1 Å². The van der Waals surface area contributed by atoms with Gasteiger partial charge in [0.05, 0.1) is 5.57 Å². The van der Waals surface area contributed by atoms with Gasteiger partial charge in [-0.2, -0.15) is 0 Å². The molecular formula is C20H15NO2. The summed E-state index contributed by atoms with van der Waals surface area (Å²) in [6.45, 7) is 0. The Balaban J connectivity index is 2.02. The molecule has 0 saturated heterocycles. The first-order chi connectivity index (χ1) is 11.2. The van der Waals surface area contributed by atoms with Crippen molar-refractivity contribution in [2.45, 2.75) is 0 Å². The van der Waals surface area contributed by atoms with Crippen molar-refractivity contribution >= 4 is 17.6 Å². The van der Waals surface area contributed by atoms with Crippen LogP contribution in [0.15, 0.2) is 79.1 Å². The maximum absolute atomic E-state index is 11.6. The van der Waals surface area contributed by atoms with E-state index in [9.17, 15) is 9.90 Å². The fourth-order valence-electron chi connectivity index (χ4n) is 2.40. The predicted octanol–water partition coefficient (Wildman–Crippen LogP) is 4.37. The number of carboxylic acids is 1. The van der Waals surface area contributed by atoms with Crippen molar-refractivity contribution in [2.24, 2.45) is 0 Å². The summed E-state index contributed by atoms with van der Waals surface area (Å²) in [6.07, 6.45) is 4.85. The molecule has 0 amide bonds. The minimum absolute atomic E-state index is 0.225. The molecule has 1 aromatic heterocycles. The summed E-state index contributed by atoms with van der Waals surface area (Å²) in [4.78, 5) is 15.6. The lowest BCUT2D eigenvalue weighted by molar-refractivity contribution is -0.130. The van der Waals surface area contributed by atoms with Crippen LogP contribution in [0.2, 0.25) is 0 Å². The molecule has 0 spiro atoms. The number of pyridine rings is 1. The van der Waals surface area contributed by atoms with E-state index in [0.29, 0.717) is 5.56 Å². The van der Waals surface area contributed by atoms with Gasteiger partial charge in [0.2, 0.25) is 0 Å². The molecule has 1 heterocycles. The Morgan fingerprint density at radius 3 is 2.39 bits per heavy atom. The second-order valence-electron chi connectivity index (χ2n) is 5.10. The van der Waals surface area contributed by atoms with Crippen molar-refractivity contribution in [1.29, 1.82) is 0 Å². The van der Waals surface area contributed by atoms with Crippen molar-refractivity contribution in [3.8, 4) is 11.1 Å². The molecule has 0 atom stereocenters. The summed E-state index contributed by atoms with van der Waals surface area (Å²) in [6, 6.07) is 21.3. The van der Waals surface area contributed by atoms with Crippen LogP contribution >= 0.6 is 0 Å². The number of aromatic nitrogens is 1. The lowest BCUT2D eigenvalue weighted by Gasteiger charge is -2.05. The van der Waals surface area contributed by atoms with E-state index in [0.717, 1.165) is 16.7 Å². The van der Waals surface area contributed by atoms with Gasteiger partial charge in [-0.25, -0.2) is 4.79 Å². The lowest BCUT2D eigenvalue weighted by Crippen LogP contribution is -1.99. The van der Waals surface area contributed by atoms with Gasteiger partial charge in [0, 0.05) is 18.0 Å². The highest BCUT2D eigenvalue weighted by Gasteiger charge is 2.10. The third-order valence-corrected chi connectivity index (χ3v) is 3.51. The quantitative estimate of drug-likeness (QED) is 0.728. The molecule has 0 bridgehead atoms. The third-order valence-electron chi connectivity index (χ3n) is 3.51. The second-order valence-corrected chi connectivity index (χ2v) is 5.10. The molecule has 0 aliphatic carbocycles. The molecule has 0 aliphatic rings. The van der Waals surface area contributed by atoms with Crippen molar-refractivity contribution < 1.29 is 9.90 Å². The minimum atomic E-state index is -0.969. The molecule has 2 aromatic carbocycles. The second kappa shape index (κ2) is 6.71. The van der Waals surface area contributed by atoms with Gasteiger partial charge in [0.1, 0.15) is 0 Å². The Labute approximate surface area is 134 Å². The molecule has 23 heavy (non-hydrogen) atoms. The summed E-state index contributed by atoms with van der Waals surface area (Å²) in [5.41, 5.74) is 3.80. The Morgan fingerprint density at radius 2 is 1.70 bits per heavy atom. The van der Waals surface area contributed by atoms with Crippen molar-refractivity contribution in [1.82, 2.24) is 4.98 Å². The zero-order valence-corrected chi connectivity index (χ0v) is 12.4. The van der Waals surface area contributed by atoms with Gasteiger partial charge in [-0.05, 0) is 34.9 Å². The summed E-state index contributed by atoms with van der Waals surface area (Å²) in [5, 5.41) is 9.48. The molecule has 3 heteroatoms. The van der Waals surface area contributed by atoms with Crippen molar-refractivity contribution in [3.63, 3.8) is 0 Å². The van der Waals surface area contributed by atoms with Crippen LogP contribution in [0.3, 0.4) is 0 Å². The van der Waals surface area contributed by atoms with Crippen LogP contribution in [0, 0.1) is 0 Å². The van der Waals surface area contributed by atoms with Gasteiger partial charge >= 0.3 is 5.97 Å². The van der Waals surface area contributed by atoms with Gasteiger partial charge in [-0.15, -0.1) is 0 Å². The van der Waals surface area contributed by atoms with Gasteiger partial charge in [0.25, 0.3) is 0 Å². The average molecular weight is 301 g/mol. The summed E-state index contributed by atoms with van der Waals surface area (Å²) < 4.78 is 0. The maximum atomic E-state index is 11.6. The first kappa shape index (κ1) is 14.7. The maximum Gasteiger partial charge on any atom is 0.336 e. The molecule has 112 valence electrons. The highest BCUT2D eigenvalue weighted by molar-refractivity contribution is 6.20. The largest absolute Gasteiger partial charge is 0.478 e. The van der Waals surface area contributed by atoms with Crippen LogP contribution in [-0.4, -0.2) is 16.1 Å². The Bertz CT molecular complexity index is 840. The Morgan fingerprint density at radius 1 is 0.913 bits per heavy atom. The average Bonchev–Trinajstić information content (AvgIpc) is 2.61. The number of nitrogens with zero attached hydrogens (tertiary/aromatic N) is 1. The fraction of sp³-hybridized carbons (Fsp3) is 0. The van der Waals surface area contributed by atoms with Gasteiger partial charge in [-0.3, -0.25) is 4.98 Å². The van der Waals surface area contributed by atoms with E-state index < -0.39 is 5.97 Å². The number of aliphatic carboxylic acids is 1. The molecule has 0 aliphatic heterocycles. The Kier molecular flexibility index (Phi) is 4.29. The number of benzene rings is 2. The fourth-order valence-corrected chi connectivity index (χ4v) is 2.40. The summed E-state index contributed by atoms with van der Waals surface area (Å²) >= 11 is 0. The third kappa shape index (κ3) is 3.52. The molecule has 0 unspecified atom stereocenters. The number of hydrogen-bond donors (Lipinski definition) is 1. The van der Waals surface area contributed by atoms with Crippen LogP contribution in [0.4, 0.5) is 0 Å². The van der Waals surface area contributed by atoms with Gasteiger partial charge in [-0.1, -0.05) is 54.6 Å². The smallest absolute Gasteiger partial charge is 0.336 e. The monoisotopic (exact) mass is 301 g/mol. The number of rotatable bonds is 4. The van der Waals surface area contributed by atoms with E-state index >= 15 is 0 Å². The molecule has 1 N–H and O–H groups in total. The molecule has 3 nitrogen and oxygen atoms in total. The van der Waals surface area contributed by atoms with Crippen LogP contribution in [0.5, 0.6) is 0 Å². The van der Waals surface area contributed by atoms with Gasteiger partial charge < -0.3 is 5.11 Å². The van der Waals surface area contributed by atoms with Crippen LogP contribution in [-0.2, 0) is 4.79 Å². The van der Waals surface area contributed by atoms with Gasteiger partial charge in [0.15, 0.2) is 0 Å². The summed E-state index contributed by atoms with van der Waals surface area (Å²) in [5.74, 6) is -0.969. The molecular weight excluding hydrogens is 286 g/mol. The topological polar surface area (TPSA) is 50.2 Å². The summed E-state index contributed by atoms with van der Waals surface area (Å²) in [7, 11) is 0. The van der Waals surface area contributed by atoms with E-state index in [1.807, 2.05) is 54.6 Å². The first-order valence-electron chi connectivity index (χ1n) is 7.25. The number of hydrogen-bond acceptors (Lipinski definition) is 2. The molecule has 0 fully saturated rings. The number of carbonyl (C=O) groups is 1. The van der Waals surface area contributed by atoms with E-state index in [1.54, 1.807) is 30.6 Å². The standard InChI is InChI=1S/C20H15NO2/c22-20(23)19(18-10-5-11-21-14-18)13-15-6-4-9-17(12-15)16-7-2-1-3-8-16/h1-14H,(H,22,23)/b19-13+. The molecule has 0 saturated carbocycles.